The Kier molecular flexibility index (Phi) is 4.13. The van der Waals surface area contributed by atoms with Crippen LogP contribution in [0.2, 0.25) is 0 Å². The lowest BCUT2D eigenvalue weighted by Gasteiger charge is -2.31. The summed E-state index contributed by atoms with van der Waals surface area (Å²) in [6.45, 7) is 4.02. The Morgan fingerprint density at radius 3 is 2.76 bits per heavy atom. The van der Waals surface area contributed by atoms with Crippen LogP contribution in [0.15, 0.2) is 24.3 Å². The first-order valence-electron chi connectivity index (χ1n) is 6.23. The molecule has 2 N–H and O–H groups in total. The van der Waals surface area contributed by atoms with Gasteiger partial charge < -0.3 is 5.73 Å². The summed E-state index contributed by atoms with van der Waals surface area (Å²) in [5.41, 5.74) is 7.67. The maximum atomic E-state index is 8.86. The topological polar surface area (TPSA) is 53.0 Å². The van der Waals surface area contributed by atoms with Crippen LogP contribution in [-0.4, -0.2) is 24.5 Å². The molecule has 1 heterocycles. The fourth-order valence-electron chi connectivity index (χ4n) is 2.38. The van der Waals surface area contributed by atoms with Gasteiger partial charge in [0.2, 0.25) is 0 Å². The maximum Gasteiger partial charge on any atom is 0.0991 e. The Morgan fingerprint density at radius 2 is 2.12 bits per heavy atom. The molecule has 1 aliphatic heterocycles. The summed E-state index contributed by atoms with van der Waals surface area (Å²) in [5.74, 6) is 0.705. The summed E-state index contributed by atoms with van der Waals surface area (Å²) in [6, 6.07) is 10.1. The van der Waals surface area contributed by atoms with Gasteiger partial charge in [-0.25, -0.2) is 0 Å². The van der Waals surface area contributed by atoms with Gasteiger partial charge in [-0.15, -0.1) is 0 Å². The summed E-state index contributed by atoms with van der Waals surface area (Å²) >= 11 is 0. The van der Waals surface area contributed by atoms with E-state index in [-0.39, 0.29) is 0 Å². The van der Waals surface area contributed by atoms with E-state index >= 15 is 0 Å². The van der Waals surface area contributed by atoms with Gasteiger partial charge in [-0.3, -0.25) is 4.90 Å². The quantitative estimate of drug-likeness (QED) is 0.858. The number of likely N-dealkylation sites (tertiary alicyclic amines) is 1. The molecule has 3 nitrogen and oxygen atoms in total. The molecule has 1 fully saturated rings. The van der Waals surface area contributed by atoms with E-state index in [0.717, 1.165) is 31.7 Å². The van der Waals surface area contributed by atoms with Crippen LogP contribution in [0.25, 0.3) is 0 Å². The van der Waals surface area contributed by atoms with Crippen LogP contribution >= 0.6 is 0 Å². The Bertz CT molecular complexity index is 400. The van der Waals surface area contributed by atoms with Crippen LogP contribution < -0.4 is 5.73 Å². The van der Waals surface area contributed by atoms with E-state index in [1.807, 2.05) is 18.2 Å². The van der Waals surface area contributed by atoms with Crippen molar-refractivity contribution in [1.82, 2.24) is 4.90 Å². The first kappa shape index (κ1) is 12.1. The smallest absolute Gasteiger partial charge is 0.0991 e. The molecule has 0 saturated carbocycles. The second kappa shape index (κ2) is 5.81. The Balaban J connectivity index is 1.91. The van der Waals surface area contributed by atoms with Gasteiger partial charge in [-0.05, 0) is 56.1 Å². The number of piperidine rings is 1. The van der Waals surface area contributed by atoms with E-state index in [1.165, 1.54) is 18.4 Å². The minimum atomic E-state index is 0.705. The highest BCUT2D eigenvalue weighted by Crippen LogP contribution is 2.18. The molecule has 3 heteroatoms. The number of hydrogen-bond acceptors (Lipinski definition) is 3. The zero-order valence-corrected chi connectivity index (χ0v) is 10.1. The molecule has 0 unspecified atom stereocenters. The zero-order chi connectivity index (χ0) is 12.1. The molecule has 0 aromatic heterocycles. The fourth-order valence-corrected chi connectivity index (χ4v) is 2.38. The summed E-state index contributed by atoms with van der Waals surface area (Å²) in [5, 5.41) is 8.86. The number of nitrogens with zero attached hydrogens (tertiary/aromatic N) is 2. The van der Waals surface area contributed by atoms with Gasteiger partial charge in [0.1, 0.15) is 0 Å². The normalized spacial score (nSPS) is 17.9. The highest BCUT2D eigenvalue weighted by Gasteiger charge is 2.17. The first-order chi connectivity index (χ1) is 8.31. The standard InChI is InChI=1S/C14H19N3/c15-9-12-4-6-17(7-5-12)11-14-3-1-2-13(8-14)10-16/h1-3,8,12H,4-7,9,11,15H2. The van der Waals surface area contributed by atoms with E-state index in [0.29, 0.717) is 5.92 Å². The van der Waals surface area contributed by atoms with Crippen LogP contribution in [0.1, 0.15) is 24.0 Å². The van der Waals surface area contributed by atoms with Gasteiger partial charge >= 0.3 is 0 Å². The van der Waals surface area contributed by atoms with Crippen LogP contribution in [0.3, 0.4) is 0 Å². The lowest BCUT2D eigenvalue weighted by Crippen LogP contribution is -2.35. The van der Waals surface area contributed by atoms with Crippen molar-refractivity contribution in [2.75, 3.05) is 19.6 Å². The van der Waals surface area contributed by atoms with Gasteiger partial charge in [-0.2, -0.15) is 5.26 Å². The molecule has 17 heavy (non-hydrogen) atoms. The largest absolute Gasteiger partial charge is 0.330 e. The third-order valence-corrected chi connectivity index (χ3v) is 3.50. The van der Waals surface area contributed by atoms with Crippen molar-refractivity contribution in [3.05, 3.63) is 35.4 Å². The monoisotopic (exact) mass is 229 g/mol. The highest BCUT2D eigenvalue weighted by atomic mass is 15.1. The molecule has 0 spiro atoms. The van der Waals surface area contributed by atoms with Gasteiger partial charge in [-0.1, -0.05) is 12.1 Å². The van der Waals surface area contributed by atoms with Crippen molar-refractivity contribution in [2.24, 2.45) is 11.7 Å². The molecule has 2 rings (SSSR count). The molecular formula is C14H19N3. The molecule has 1 saturated heterocycles. The van der Waals surface area contributed by atoms with Crippen molar-refractivity contribution >= 4 is 0 Å². The van der Waals surface area contributed by atoms with Crippen molar-refractivity contribution in [3.63, 3.8) is 0 Å². The van der Waals surface area contributed by atoms with Gasteiger partial charge in [0.15, 0.2) is 0 Å². The molecule has 0 bridgehead atoms. The number of nitrogens with two attached hydrogens (primary N) is 1. The van der Waals surface area contributed by atoms with Gasteiger partial charge in [0, 0.05) is 6.54 Å². The van der Waals surface area contributed by atoms with E-state index in [9.17, 15) is 0 Å². The molecular weight excluding hydrogens is 210 g/mol. The minimum absolute atomic E-state index is 0.705. The molecule has 1 aliphatic rings. The second-order valence-corrected chi connectivity index (χ2v) is 4.77. The number of nitriles is 1. The molecule has 0 aliphatic carbocycles. The predicted molar refractivity (Wildman–Crippen MR) is 68.2 cm³/mol. The molecule has 0 amide bonds. The Labute approximate surface area is 103 Å². The first-order valence-corrected chi connectivity index (χ1v) is 6.23. The summed E-state index contributed by atoms with van der Waals surface area (Å²) in [7, 11) is 0. The molecule has 90 valence electrons. The molecule has 1 aromatic carbocycles. The van der Waals surface area contributed by atoms with Crippen LogP contribution in [0.5, 0.6) is 0 Å². The second-order valence-electron chi connectivity index (χ2n) is 4.77. The number of benzene rings is 1. The lowest BCUT2D eigenvalue weighted by atomic mass is 9.97. The number of hydrogen-bond donors (Lipinski definition) is 1. The van der Waals surface area contributed by atoms with E-state index in [4.69, 9.17) is 11.0 Å². The highest BCUT2D eigenvalue weighted by molar-refractivity contribution is 5.32. The predicted octanol–water partition coefficient (Wildman–Crippen LogP) is 1.73. The maximum absolute atomic E-state index is 8.86. The summed E-state index contributed by atoms with van der Waals surface area (Å²) in [4.78, 5) is 2.45. The molecule has 0 atom stereocenters. The minimum Gasteiger partial charge on any atom is -0.330 e. The van der Waals surface area contributed by atoms with E-state index in [1.54, 1.807) is 0 Å². The van der Waals surface area contributed by atoms with Crippen molar-refractivity contribution in [3.8, 4) is 6.07 Å². The lowest BCUT2D eigenvalue weighted by molar-refractivity contribution is 0.180. The van der Waals surface area contributed by atoms with E-state index < -0.39 is 0 Å². The summed E-state index contributed by atoms with van der Waals surface area (Å²) < 4.78 is 0. The van der Waals surface area contributed by atoms with Crippen molar-refractivity contribution < 1.29 is 0 Å². The fraction of sp³-hybridized carbons (Fsp3) is 0.500. The summed E-state index contributed by atoms with van der Waals surface area (Å²) in [6.07, 6.45) is 2.41. The third-order valence-electron chi connectivity index (χ3n) is 3.50. The Morgan fingerprint density at radius 1 is 1.35 bits per heavy atom. The van der Waals surface area contributed by atoms with Crippen LogP contribution in [-0.2, 0) is 6.54 Å². The Hall–Kier alpha value is -1.37. The van der Waals surface area contributed by atoms with Crippen molar-refractivity contribution in [2.45, 2.75) is 19.4 Å². The molecule has 1 aromatic rings. The average Bonchev–Trinajstić information content (AvgIpc) is 2.40. The van der Waals surface area contributed by atoms with Gasteiger partial charge in [0.05, 0.1) is 11.6 Å². The third kappa shape index (κ3) is 3.29. The van der Waals surface area contributed by atoms with Gasteiger partial charge in [0.25, 0.3) is 0 Å². The van der Waals surface area contributed by atoms with Crippen LogP contribution in [0, 0.1) is 17.2 Å². The number of rotatable bonds is 3. The van der Waals surface area contributed by atoms with Crippen molar-refractivity contribution in [1.29, 1.82) is 5.26 Å². The molecule has 0 radical (unpaired) electrons. The average molecular weight is 229 g/mol. The van der Waals surface area contributed by atoms with Crippen LogP contribution in [0.4, 0.5) is 0 Å². The van der Waals surface area contributed by atoms with E-state index in [2.05, 4.69) is 17.0 Å². The zero-order valence-electron chi connectivity index (χ0n) is 10.1. The SMILES string of the molecule is N#Cc1cccc(CN2CCC(CN)CC2)c1.